The third-order valence-electron chi connectivity index (χ3n) is 3.79. The van der Waals surface area contributed by atoms with E-state index in [1.807, 2.05) is 67.6 Å². The van der Waals surface area contributed by atoms with Crippen LogP contribution >= 0.6 is 27.3 Å². The molecule has 0 spiro atoms. The number of aryl methyl sites for hydroxylation is 1. The van der Waals surface area contributed by atoms with Gasteiger partial charge in [-0.3, -0.25) is 9.36 Å². The lowest BCUT2D eigenvalue weighted by Gasteiger charge is -2.05. The lowest BCUT2D eigenvalue weighted by atomic mass is 10.2. The molecule has 1 heterocycles. The van der Waals surface area contributed by atoms with E-state index in [4.69, 9.17) is 0 Å². The quantitative estimate of drug-likeness (QED) is 0.638. The minimum Gasteiger partial charge on any atom is -0.267 e. The predicted octanol–water partition coefficient (Wildman–Crippen LogP) is 3.00. The van der Waals surface area contributed by atoms with Gasteiger partial charge in [-0.25, -0.2) is 0 Å². The lowest BCUT2D eigenvalue weighted by Crippen LogP contribution is -2.31. The number of nitrogens with zero attached hydrogens (tertiary/aromatic N) is 3. The van der Waals surface area contributed by atoms with Crippen LogP contribution in [0.3, 0.4) is 0 Å². The van der Waals surface area contributed by atoms with Crippen molar-refractivity contribution in [1.82, 2.24) is 4.57 Å². The molecule has 4 nitrogen and oxygen atoms in total. The number of para-hydroxylation sites is 1. The molecule has 0 bridgehead atoms. The molecule has 0 aliphatic heterocycles. The summed E-state index contributed by atoms with van der Waals surface area (Å²) in [6, 6.07) is 18.8. The molecule has 0 fully saturated rings. The summed E-state index contributed by atoms with van der Waals surface area (Å²) < 4.78 is 3.21. The number of nitriles is 2. The molecule has 0 aliphatic rings. The second kappa shape index (κ2) is 7.53. The summed E-state index contributed by atoms with van der Waals surface area (Å²) in [4.78, 5) is 13.1. The van der Waals surface area contributed by atoms with Gasteiger partial charge in [-0.15, -0.1) is 11.3 Å². The fourth-order valence-corrected chi connectivity index (χ4v) is 3.83. The molecule has 1 aromatic heterocycles. The topological polar surface area (TPSA) is 69.6 Å². The molecule has 126 valence electrons. The molecular weight excluding hydrogens is 410 g/mol. The zero-order valence-electron chi connectivity index (χ0n) is 13.7. The molecule has 0 saturated carbocycles. The van der Waals surface area contributed by atoms with E-state index in [9.17, 15) is 15.3 Å². The molecular formula is C20H12BrN3OS. The van der Waals surface area contributed by atoms with Crippen LogP contribution < -0.4 is 14.8 Å². The van der Waals surface area contributed by atoms with Gasteiger partial charge in [0, 0.05) is 4.47 Å². The smallest absolute Gasteiger partial charge is 0.267 e. The molecule has 2 aromatic carbocycles. The van der Waals surface area contributed by atoms with Gasteiger partial charge >= 0.3 is 0 Å². The Morgan fingerprint density at radius 2 is 1.77 bits per heavy atom. The Balaban J connectivity index is 2.41. The van der Waals surface area contributed by atoms with Crippen LogP contribution in [0.5, 0.6) is 0 Å². The van der Waals surface area contributed by atoms with Crippen molar-refractivity contribution in [2.45, 2.75) is 6.92 Å². The first-order chi connectivity index (χ1) is 12.5. The molecule has 0 aliphatic carbocycles. The maximum atomic E-state index is 13.1. The van der Waals surface area contributed by atoms with Crippen molar-refractivity contribution in [3.05, 3.63) is 83.7 Å². The molecule has 3 rings (SSSR count). The van der Waals surface area contributed by atoms with Crippen molar-refractivity contribution >= 4 is 38.9 Å². The highest BCUT2D eigenvalue weighted by Crippen LogP contribution is 2.12. The Hall–Kier alpha value is -2.93. The number of hydrogen-bond donors (Lipinski definition) is 0. The van der Waals surface area contributed by atoms with Gasteiger partial charge in [0.05, 0.1) is 10.2 Å². The molecule has 0 N–H and O–H groups in total. The zero-order valence-corrected chi connectivity index (χ0v) is 16.1. The summed E-state index contributed by atoms with van der Waals surface area (Å²) in [7, 11) is 0. The fourth-order valence-electron chi connectivity index (χ4n) is 2.51. The van der Waals surface area contributed by atoms with E-state index in [1.165, 1.54) is 4.57 Å². The highest BCUT2D eigenvalue weighted by molar-refractivity contribution is 9.10. The van der Waals surface area contributed by atoms with Crippen molar-refractivity contribution in [1.29, 1.82) is 10.5 Å². The Morgan fingerprint density at radius 1 is 1.12 bits per heavy atom. The van der Waals surface area contributed by atoms with Crippen molar-refractivity contribution < 1.29 is 0 Å². The van der Waals surface area contributed by atoms with Crippen LogP contribution in [-0.4, -0.2) is 4.57 Å². The highest BCUT2D eigenvalue weighted by atomic mass is 79.9. The third-order valence-corrected chi connectivity index (χ3v) is 5.41. The number of rotatable bonds is 2. The SMILES string of the molecule is Cc1ccccc1-n1c(=C(C#N)C#N)s/c(=C\c2ccc(Br)cc2)c1=O. The Bertz CT molecular complexity index is 1220. The molecule has 6 heteroatoms. The van der Waals surface area contributed by atoms with Gasteiger partial charge in [-0.05, 0) is 42.3 Å². The molecule has 0 saturated heterocycles. The van der Waals surface area contributed by atoms with Gasteiger partial charge in [0.25, 0.3) is 5.56 Å². The van der Waals surface area contributed by atoms with Gasteiger partial charge < -0.3 is 0 Å². The van der Waals surface area contributed by atoms with Gasteiger partial charge in [0.15, 0.2) is 5.57 Å². The van der Waals surface area contributed by atoms with Crippen LogP contribution in [0.2, 0.25) is 0 Å². The number of thiazole rings is 1. The molecule has 0 amide bonds. The molecule has 3 aromatic rings. The van der Waals surface area contributed by atoms with E-state index in [1.54, 1.807) is 6.08 Å². The van der Waals surface area contributed by atoms with Crippen LogP contribution in [0.4, 0.5) is 0 Å². The van der Waals surface area contributed by atoms with Crippen LogP contribution in [-0.2, 0) is 0 Å². The molecule has 0 radical (unpaired) electrons. The summed E-state index contributed by atoms with van der Waals surface area (Å²) in [5.41, 5.74) is 2.10. The summed E-state index contributed by atoms with van der Waals surface area (Å²) >= 11 is 4.53. The summed E-state index contributed by atoms with van der Waals surface area (Å²) in [6.07, 6.45) is 1.77. The first kappa shape index (κ1) is 17.9. The summed E-state index contributed by atoms with van der Waals surface area (Å²) in [5.74, 6) is 0. The van der Waals surface area contributed by atoms with Gasteiger partial charge in [-0.2, -0.15) is 10.5 Å². The number of aromatic nitrogens is 1. The van der Waals surface area contributed by atoms with E-state index >= 15 is 0 Å². The standard InChI is InChI=1S/C20H12BrN3OS/c1-13-4-2-3-5-17(13)24-19(25)18(26-20(24)15(11-22)12-23)10-14-6-8-16(21)9-7-14/h2-10H,1H3/b18-10-. The van der Waals surface area contributed by atoms with Crippen molar-refractivity contribution in [3.8, 4) is 17.8 Å². The summed E-state index contributed by atoms with van der Waals surface area (Å²) in [6.45, 7) is 1.89. The maximum absolute atomic E-state index is 13.1. The Kier molecular flexibility index (Phi) is 5.18. The second-order valence-electron chi connectivity index (χ2n) is 5.49. The fraction of sp³-hybridized carbons (Fsp3) is 0.0500. The van der Waals surface area contributed by atoms with Crippen LogP contribution in [0, 0.1) is 29.6 Å². The van der Waals surface area contributed by atoms with Gasteiger partial charge in [0.2, 0.25) is 0 Å². The van der Waals surface area contributed by atoms with E-state index in [-0.39, 0.29) is 11.1 Å². The number of halogens is 1. The van der Waals surface area contributed by atoms with Gasteiger partial charge in [0.1, 0.15) is 16.8 Å². The first-order valence-electron chi connectivity index (χ1n) is 7.65. The zero-order chi connectivity index (χ0) is 18.7. The highest BCUT2D eigenvalue weighted by Gasteiger charge is 2.12. The predicted molar refractivity (Wildman–Crippen MR) is 106 cm³/mol. The van der Waals surface area contributed by atoms with E-state index < -0.39 is 0 Å². The lowest BCUT2D eigenvalue weighted by molar-refractivity contribution is 0.975. The minimum atomic E-state index is -0.245. The van der Waals surface area contributed by atoms with Crippen molar-refractivity contribution in [2.75, 3.05) is 0 Å². The Morgan fingerprint density at radius 3 is 2.38 bits per heavy atom. The molecule has 0 atom stereocenters. The maximum Gasteiger partial charge on any atom is 0.273 e. The van der Waals surface area contributed by atoms with E-state index in [2.05, 4.69) is 15.9 Å². The van der Waals surface area contributed by atoms with E-state index in [0.717, 1.165) is 26.9 Å². The monoisotopic (exact) mass is 421 g/mol. The summed E-state index contributed by atoms with van der Waals surface area (Å²) in [5, 5.41) is 18.6. The first-order valence-corrected chi connectivity index (χ1v) is 9.25. The minimum absolute atomic E-state index is 0.0780. The second-order valence-corrected chi connectivity index (χ2v) is 7.44. The van der Waals surface area contributed by atoms with E-state index in [0.29, 0.717) is 14.9 Å². The number of hydrogen-bond acceptors (Lipinski definition) is 4. The number of benzene rings is 2. The van der Waals surface area contributed by atoms with Crippen LogP contribution in [0.25, 0.3) is 17.3 Å². The third kappa shape index (κ3) is 3.39. The average molecular weight is 422 g/mol. The normalized spacial score (nSPS) is 11.0. The molecule has 26 heavy (non-hydrogen) atoms. The van der Waals surface area contributed by atoms with Crippen molar-refractivity contribution in [3.63, 3.8) is 0 Å². The molecule has 0 unspecified atom stereocenters. The van der Waals surface area contributed by atoms with Crippen molar-refractivity contribution in [2.24, 2.45) is 0 Å². The van der Waals surface area contributed by atoms with Crippen LogP contribution in [0.1, 0.15) is 11.1 Å². The van der Waals surface area contributed by atoms with Crippen LogP contribution in [0.15, 0.2) is 57.8 Å². The van der Waals surface area contributed by atoms with Gasteiger partial charge in [-0.1, -0.05) is 46.3 Å². The average Bonchev–Trinajstić information content (AvgIpc) is 2.95. The largest absolute Gasteiger partial charge is 0.273 e. The Labute approximate surface area is 162 Å².